The Morgan fingerprint density at radius 3 is 3.07 bits per heavy atom. The highest BCUT2D eigenvalue weighted by Crippen LogP contribution is 2.13. The van der Waals surface area contributed by atoms with E-state index >= 15 is 0 Å². The van der Waals surface area contributed by atoms with Gasteiger partial charge in [0.25, 0.3) is 5.56 Å². The number of halogens is 1. The topological polar surface area (TPSA) is 104 Å². The predicted molar refractivity (Wildman–Crippen MR) is 92.9 cm³/mol. The minimum Gasteiger partial charge on any atom is -0.376 e. The van der Waals surface area contributed by atoms with Crippen molar-refractivity contribution in [2.24, 2.45) is 0 Å². The van der Waals surface area contributed by atoms with Crippen molar-refractivity contribution in [2.45, 2.75) is 25.5 Å². The summed E-state index contributed by atoms with van der Waals surface area (Å²) in [5.41, 5.74) is 0.113. The van der Waals surface area contributed by atoms with Gasteiger partial charge in [0.2, 0.25) is 5.91 Å². The fourth-order valence-electron chi connectivity index (χ4n) is 2.98. The van der Waals surface area contributed by atoms with Crippen LogP contribution in [0.2, 0.25) is 0 Å². The molecule has 0 saturated carbocycles. The van der Waals surface area contributed by atoms with E-state index in [0.29, 0.717) is 18.8 Å². The van der Waals surface area contributed by atoms with Crippen LogP contribution in [0, 0.1) is 5.82 Å². The summed E-state index contributed by atoms with van der Waals surface area (Å²) in [6.07, 6.45) is 3.19. The molecule has 1 saturated heterocycles. The number of nitrogens with one attached hydrogen (secondary N) is 1. The summed E-state index contributed by atoms with van der Waals surface area (Å²) < 4.78 is 21.3. The first-order chi connectivity index (χ1) is 13.1. The minimum absolute atomic E-state index is 0.00804. The molecule has 0 radical (unpaired) electrons. The van der Waals surface area contributed by atoms with Crippen molar-refractivity contribution >= 4 is 17.1 Å². The molecule has 1 aromatic carbocycles. The highest BCUT2D eigenvalue weighted by atomic mass is 19.1. The normalized spacial score (nSPS) is 16.7. The number of carbonyl (C=O) groups excluding carboxylic acids is 1. The Kier molecular flexibility index (Phi) is 4.63. The molecule has 1 fully saturated rings. The summed E-state index contributed by atoms with van der Waals surface area (Å²) in [5.74, 6) is -0.751. The summed E-state index contributed by atoms with van der Waals surface area (Å²) in [6.45, 7) is 0.946. The zero-order chi connectivity index (χ0) is 18.8. The second-order valence-electron chi connectivity index (χ2n) is 6.27. The first-order valence-electron chi connectivity index (χ1n) is 8.57. The second-order valence-corrected chi connectivity index (χ2v) is 6.27. The number of aromatic nitrogens is 5. The lowest BCUT2D eigenvalue weighted by molar-refractivity contribution is -0.122. The summed E-state index contributed by atoms with van der Waals surface area (Å²) in [7, 11) is 0. The Bertz CT molecular complexity index is 1040. The zero-order valence-corrected chi connectivity index (χ0v) is 14.3. The molecule has 1 amide bonds. The molecule has 1 unspecified atom stereocenters. The van der Waals surface area contributed by atoms with Gasteiger partial charge in [0.05, 0.1) is 11.8 Å². The molecule has 9 nitrogen and oxygen atoms in total. The largest absolute Gasteiger partial charge is 0.376 e. The van der Waals surface area contributed by atoms with Crippen molar-refractivity contribution in [3.63, 3.8) is 0 Å². The van der Waals surface area contributed by atoms with Gasteiger partial charge >= 0.3 is 0 Å². The smallest absolute Gasteiger partial charge is 0.284 e. The Labute approximate surface area is 152 Å². The fourth-order valence-corrected chi connectivity index (χ4v) is 2.98. The van der Waals surface area contributed by atoms with E-state index in [2.05, 4.69) is 20.6 Å². The van der Waals surface area contributed by atoms with Crippen molar-refractivity contribution < 1.29 is 13.9 Å². The second kappa shape index (κ2) is 7.23. The lowest BCUT2D eigenvalue weighted by Crippen LogP contribution is -2.36. The molecular weight excluding hydrogens is 355 g/mol. The summed E-state index contributed by atoms with van der Waals surface area (Å²) in [4.78, 5) is 28.8. The molecule has 1 atom stereocenters. The number of ether oxygens (including phenoxy) is 1. The highest BCUT2D eigenvalue weighted by molar-refractivity contribution is 5.76. The molecule has 10 heteroatoms. The van der Waals surface area contributed by atoms with Crippen LogP contribution in [-0.4, -0.2) is 49.7 Å². The van der Waals surface area contributed by atoms with E-state index < -0.39 is 11.4 Å². The van der Waals surface area contributed by atoms with Crippen LogP contribution >= 0.6 is 0 Å². The molecule has 0 bridgehead atoms. The Morgan fingerprint density at radius 1 is 1.41 bits per heavy atom. The maximum Gasteiger partial charge on any atom is 0.284 e. The molecule has 4 rings (SSSR count). The third-order valence-corrected chi connectivity index (χ3v) is 4.35. The van der Waals surface area contributed by atoms with Crippen LogP contribution < -0.4 is 10.9 Å². The lowest BCUT2D eigenvalue weighted by Gasteiger charge is -2.11. The number of hydrogen-bond acceptors (Lipinski definition) is 6. The average Bonchev–Trinajstić information content (AvgIpc) is 3.32. The van der Waals surface area contributed by atoms with Gasteiger partial charge in [-0.15, -0.1) is 5.10 Å². The first-order valence-corrected chi connectivity index (χ1v) is 8.57. The van der Waals surface area contributed by atoms with Gasteiger partial charge in [0, 0.05) is 13.2 Å². The van der Waals surface area contributed by atoms with E-state index in [1.54, 1.807) is 6.07 Å². The van der Waals surface area contributed by atoms with Crippen LogP contribution in [0.4, 0.5) is 4.39 Å². The van der Waals surface area contributed by atoms with E-state index in [9.17, 15) is 14.0 Å². The van der Waals surface area contributed by atoms with Crippen molar-refractivity contribution in [3.8, 4) is 5.69 Å². The number of amides is 1. The molecule has 0 spiro atoms. The predicted octanol–water partition coefficient (Wildman–Crippen LogP) is 0.411. The fraction of sp³-hybridized carbons (Fsp3) is 0.353. The van der Waals surface area contributed by atoms with E-state index in [4.69, 9.17) is 4.74 Å². The lowest BCUT2D eigenvalue weighted by atomic mass is 10.2. The van der Waals surface area contributed by atoms with Crippen LogP contribution in [0.3, 0.4) is 0 Å². The third kappa shape index (κ3) is 3.56. The number of rotatable bonds is 5. The van der Waals surface area contributed by atoms with E-state index in [0.717, 1.165) is 17.4 Å². The van der Waals surface area contributed by atoms with Gasteiger partial charge < -0.3 is 10.1 Å². The number of hydrogen-bond donors (Lipinski definition) is 1. The maximum atomic E-state index is 13.4. The molecule has 27 heavy (non-hydrogen) atoms. The summed E-state index contributed by atoms with van der Waals surface area (Å²) in [6, 6.07) is 5.72. The van der Waals surface area contributed by atoms with E-state index in [1.807, 2.05) is 0 Å². The average molecular weight is 372 g/mol. The quantitative estimate of drug-likeness (QED) is 0.696. The first kappa shape index (κ1) is 17.3. The maximum absolute atomic E-state index is 13.4. The number of fused-ring (bicyclic) bond motifs is 1. The van der Waals surface area contributed by atoms with E-state index in [1.165, 1.54) is 29.2 Å². The molecule has 3 heterocycles. The standard InChI is InChI=1S/C17H17FN6O3/c18-11-3-1-4-12(7-11)24-16-15(21-22-24)17(26)23(10-20-16)9-14(25)19-8-13-5-2-6-27-13/h1,3-4,7,10,13H,2,5-6,8-9H2,(H,19,25). The molecule has 140 valence electrons. The third-order valence-electron chi connectivity index (χ3n) is 4.35. The van der Waals surface area contributed by atoms with Gasteiger partial charge in [-0.05, 0) is 31.0 Å². The van der Waals surface area contributed by atoms with Crippen molar-refractivity contribution in [1.82, 2.24) is 29.9 Å². The van der Waals surface area contributed by atoms with Crippen molar-refractivity contribution in [2.75, 3.05) is 13.2 Å². The molecule has 0 aliphatic carbocycles. The SMILES string of the molecule is O=C(Cn1cnc2c(nnn2-c2cccc(F)c2)c1=O)NCC1CCCO1. The van der Waals surface area contributed by atoms with Gasteiger partial charge in [-0.25, -0.2) is 9.37 Å². The number of benzene rings is 1. The monoisotopic (exact) mass is 372 g/mol. The van der Waals surface area contributed by atoms with Crippen molar-refractivity contribution in [3.05, 3.63) is 46.8 Å². The van der Waals surface area contributed by atoms with Gasteiger partial charge in [-0.3, -0.25) is 14.2 Å². The summed E-state index contributed by atoms with van der Waals surface area (Å²) >= 11 is 0. The van der Waals surface area contributed by atoms with Crippen LogP contribution in [-0.2, 0) is 16.1 Å². The Hall–Kier alpha value is -3.14. The minimum atomic E-state index is -0.491. The molecule has 2 aromatic heterocycles. The molecule has 1 N–H and O–H groups in total. The van der Waals surface area contributed by atoms with Crippen molar-refractivity contribution in [1.29, 1.82) is 0 Å². The number of nitrogens with zero attached hydrogens (tertiary/aromatic N) is 5. The van der Waals surface area contributed by atoms with E-state index in [-0.39, 0.29) is 29.7 Å². The Balaban J connectivity index is 1.54. The summed E-state index contributed by atoms with van der Waals surface area (Å²) in [5, 5.41) is 10.5. The Morgan fingerprint density at radius 2 is 2.30 bits per heavy atom. The molecule has 1 aliphatic rings. The number of carbonyl (C=O) groups is 1. The van der Waals surface area contributed by atoms with Crippen LogP contribution in [0.15, 0.2) is 35.4 Å². The van der Waals surface area contributed by atoms with Crippen LogP contribution in [0.5, 0.6) is 0 Å². The van der Waals surface area contributed by atoms with Gasteiger partial charge in [-0.2, -0.15) is 4.68 Å². The van der Waals surface area contributed by atoms with Crippen LogP contribution in [0.25, 0.3) is 16.9 Å². The van der Waals surface area contributed by atoms with Gasteiger partial charge in [-0.1, -0.05) is 11.3 Å². The molecular formula is C17H17FN6O3. The van der Waals surface area contributed by atoms with Crippen LogP contribution in [0.1, 0.15) is 12.8 Å². The van der Waals surface area contributed by atoms with Gasteiger partial charge in [0.1, 0.15) is 18.7 Å². The molecule has 3 aromatic rings. The highest BCUT2D eigenvalue weighted by Gasteiger charge is 2.18. The van der Waals surface area contributed by atoms with Gasteiger partial charge in [0.15, 0.2) is 11.2 Å². The molecule has 1 aliphatic heterocycles. The zero-order valence-electron chi connectivity index (χ0n) is 14.3.